The minimum Gasteiger partial charge on any atom is -0.497 e. The van der Waals surface area contributed by atoms with Gasteiger partial charge in [-0.2, -0.15) is 4.31 Å². The van der Waals surface area contributed by atoms with Gasteiger partial charge in [-0.05, 0) is 47.6 Å². The quantitative estimate of drug-likeness (QED) is 0.342. The lowest BCUT2D eigenvalue weighted by atomic mass is 9.86. The standard InChI is InChI=1S/C28H34N2O5S/c1-28(2,3)26(27(31)35-21-23-11-6-5-7-12-23)30(18-10-14-22-13-9-17-29-20-22)36(32,33)25-16-8-15-24(19-25)34-4/h5-9,11-13,15-17,19-20,26H,10,14,18,21H2,1-4H3/t26-/m0/s1. The molecule has 0 radical (unpaired) electrons. The second-order valence-corrected chi connectivity index (χ2v) is 11.5. The number of hydrogen-bond donors (Lipinski definition) is 0. The van der Waals surface area contributed by atoms with Gasteiger partial charge < -0.3 is 9.47 Å². The van der Waals surface area contributed by atoms with Crippen molar-refractivity contribution in [3.05, 3.63) is 90.3 Å². The fraction of sp³-hybridized carbons (Fsp3) is 0.357. The number of rotatable bonds is 11. The van der Waals surface area contributed by atoms with E-state index in [9.17, 15) is 13.2 Å². The molecule has 0 aliphatic rings. The highest BCUT2D eigenvalue weighted by molar-refractivity contribution is 7.89. The van der Waals surface area contributed by atoms with Crippen molar-refractivity contribution >= 4 is 16.0 Å². The lowest BCUT2D eigenvalue weighted by Crippen LogP contribution is -2.53. The largest absolute Gasteiger partial charge is 0.497 e. The van der Waals surface area contributed by atoms with Gasteiger partial charge in [-0.25, -0.2) is 8.42 Å². The van der Waals surface area contributed by atoms with E-state index in [1.807, 2.05) is 63.2 Å². The van der Waals surface area contributed by atoms with Gasteiger partial charge in [-0.15, -0.1) is 0 Å². The van der Waals surface area contributed by atoms with Gasteiger partial charge in [0.2, 0.25) is 10.0 Å². The zero-order valence-electron chi connectivity index (χ0n) is 21.3. The van der Waals surface area contributed by atoms with E-state index in [-0.39, 0.29) is 18.0 Å². The van der Waals surface area contributed by atoms with Crippen LogP contribution < -0.4 is 4.74 Å². The Morgan fingerprint density at radius 1 is 1.00 bits per heavy atom. The van der Waals surface area contributed by atoms with Crippen LogP contribution in [0.2, 0.25) is 0 Å². The Kier molecular flexibility index (Phi) is 9.23. The van der Waals surface area contributed by atoms with Crippen LogP contribution in [-0.2, 0) is 32.6 Å². The molecule has 1 atom stereocenters. The fourth-order valence-corrected chi connectivity index (χ4v) is 5.82. The molecule has 0 spiro atoms. The van der Waals surface area contributed by atoms with Crippen molar-refractivity contribution in [2.24, 2.45) is 5.41 Å². The molecule has 0 aliphatic heterocycles. The summed E-state index contributed by atoms with van der Waals surface area (Å²) in [5, 5.41) is 0. The predicted molar refractivity (Wildman–Crippen MR) is 139 cm³/mol. The summed E-state index contributed by atoms with van der Waals surface area (Å²) in [7, 11) is -2.58. The first-order valence-electron chi connectivity index (χ1n) is 11.9. The Morgan fingerprint density at radius 2 is 1.72 bits per heavy atom. The number of benzene rings is 2. The summed E-state index contributed by atoms with van der Waals surface area (Å²) in [6, 6.07) is 18.4. The lowest BCUT2D eigenvalue weighted by Gasteiger charge is -2.37. The molecule has 192 valence electrons. The first-order chi connectivity index (χ1) is 17.1. The Balaban J connectivity index is 1.94. The molecule has 0 N–H and O–H groups in total. The van der Waals surface area contributed by atoms with E-state index in [1.165, 1.54) is 23.5 Å². The highest BCUT2D eigenvalue weighted by Gasteiger charge is 2.44. The van der Waals surface area contributed by atoms with E-state index < -0.39 is 27.4 Å². The van der Waals surface area contributed by atoms with E-state index in [0.717, 1.165) is 11.1 Å². The smallest absolute Gasteiger partial charge is 0.325 e. The summed E-state index contributed by atoms with van der Waals surface area (Å²) in [5.74, 6) is -0.162. The van der Waals surface area contributed by atoms with Crippen LogP contribution >= 0.6 is 0 Å². The zero-order chi connectivity index (χ0) is 26.2. The van der Waals surface area contributed by atoms with Gasteiger partial charge >= 0.3 is 5.97 Å². The molecule has 0 saturated carbocycles. The number of ether oxygens (including phenoxy) is 2. The maximum absolute atomic E-state index is 14.0. The lowest BCUT2D eigenvalue weighted by molar-refractivity contribution is -0.153. The molecule has 8 heteroatoms. The van der Waals surface area contributed by atoms with Crippen molar-refractivity contribution in [3.8, 4) is 5.75 Å². The number of carbonyl (C=O) groups is 1. The molecule has 1 heterocycles. The van der Waals surface area contributed by atoms with Gasteiger partial charge in [0.25, 0.3) is 0 Å². The molecule has 0 bridgehead atoms. The monoisotopic (exact) mass is 510 g/mol. The van der Waals surface area contributed by atoms with Gasteiger partial charge in [0, 0.05) is 25.0 Å². The molecule has 0 unspecified atom stereocenters. The first kappa shape index (κ1) is 27.4. The number of esters is 1. The third kappa shape index (κ3) is 7.15. The molecule has 0 amide bonds. The summed E-state index contributed by atoms with van der Waals surface area (Å²) in [6.45, 7) is 5.73. The van der Waals surface area contributed by atoms with Crippen molar-refractivity contribution in [3.63, 3.8) is 0 Å². The number of aryl methyl sites for hydroxylation is 1. The van der Waals surface area contributed by atoms with Crippen LogP contribution in [0.25, 0.3) is 0 Å². The van der Waals surface area contributed by atoms with Crippen molar-refractivity contribution in [2.45, 2.75) is 51.2 Å². The van der Waals surface area contributed by atoms with Crippen LogP contribution in [0.1, 0.15) is 38.3 Å². The minimum absolute atomic E-state index is 0.0633. The van der Waals surface area contributed by atoms with Crippen molar-refractivity contribution in [1.82, 2.24) is 9.29 Å². The normalized spacial score (nSPS) is 12.8. The maximum Gasteiger partial charge on any atom is 0.325 e. The molecular weight excluding hydrogens is 476 g/mol. The van der Waals surface area contributed by atoms with E-state index in [0.29, 0.717) is 18.6 Å². The predicted octanol–water partition coefficient (Wildman–Crippen LogP) is 4.87. The number of methoxy groups -OCH3 is 1. The van der Waals surface area contributed by atoms with Crippen LogP contribution in [0.15, 0.2) is 84.0 Å². The van der Waals surface area contributed by atoms with Crippen molar-refractivity contribution in [1.29, 1.82) is 0 Å². The third-order valence-corrected chi connectivity index (χ3v) is 7.63. The average Bonchev–Trinajstić information content (AvgIpc) is 2.87. The molecule has 0 saturated heterocycles. The first-order valence-corrected chi connectivity index (χ1v) is 13.3. The molecule has 3 aromatic rings. The van der Waals surface area contributed by atoms with E-state index in [4.69, 9.17) is 9.47 Å². The van der Waals surface area contributed by atoms with Crippen molar-refractivity contribution in [2.75, 3.05) is 13.7 Å². The Hall–Kier alpha value is -3.23. The maximum atomic E-state index is 14.0. The molecule has 2 aromatic carbocycles. The average molecular weight is 511 g/mol. The van der Waals surface area contributed by atoms with E-state index >= 15 is 0 Å². The molecule has 36 heavy (non-hydrogen) atoms. The molecule has 7 nitrogen and oxygen atoms in total. The van der Waals surface area contributed by atoms with Crippen molar-refractivity contribution < 1.29 is 22.7 Å². The molecule has 0 aliphatic carbocycles. The number of sulfonamides is 1. The Bertz CT molecular complexity index is 1230. The number of carbonyl (C=O) groups excluding carboxylic acids is 1. The molecular formula is C28H34N2O5S. The Labute approximate surface area is 214 Å². The number of nitrogens with zero attached hydrogens (tertiary/aromatic N) is 2. The van der Waals surface area contributed by atoms with Gasteiger partial charge in [0.05, 0.1) is 12.0 Å². The van der Waals surface area contributed by atoms with Gasteiger partial charge in [-0.1, -0.05) is 63.2 Å². The fourth-order valence-electron chi connectivity index (χ4n) is 3.98. The summed E-state index contributed by atoms with van der Waals surface area (Å²) in [5.41, 5.74) is 1.10. The SMILES string of the molecule is COc1cccc(S(=O)(=O)N(CCCc2cccnc2)[C@@H](C(=O)OCc2ccccc2)C(C)(C)C)c1. The number of hydrogen-bond acceptors (Lipinski definition) is 6. The topological polar surface area (TPSA) is 85.8 Å². The highest BCUT2D eigenvalue weighted by Crippen LogP contribution is 2.32. The summed E-state index contributed by atoms with van der Waals surface area (Å²) < 4.78 is 40.1. The number of pyridine rings is 1. The number of aromatic nitrogens is 1. The zero-order valence-corrected chi connectivity index (χ0v) is 22.1. The van der Waals surface area contributed by atoms with Crippen LogP contribution in [0.5, 0.6) is 5.75 Å². The second kappa shape index (κ2) is 12.1. The second-order valence-electron chi connectivity index (χ2n) is 9.62. The van der Waals surface area contributed by atoms with E-state index in [2.05, 4.69) is 4.98 Å². The van der Waals surface area contributed by atoms with Gasteiger partial charge in [0.15, 0.2) is 0 Å². The molecule has 1 aromatic heterocycles. The molecule has 3 rings (SSSR count). The van der Waals surface area contributed by atoms with Crippen LogP contribution in [0.4, 0.5) is 0 Å². The highest BCUT2D eigenvalue weighted by atomic mass is 32.2. The van der Waals surface area contributed by atoms with Gasteiger partial charge in [0.1, 0.15) is 18.4 Å². The summed E-state index contributed by atoms with van der Waals surface area (Å²) in [4.78, 5) is 17.7. The van der Waals surface area contributed by atoms with Crippen LogP contribution in [0, 0.1) is 5.41 Å². The van der Waals surface area contributed by atoms with E-state index in [1.54, 1.807) is 24.5 Å². The summed E-state index contributed by atoms with van der Waals surface area (Å²) >= 11 is 0. The summed E-state index contributed by atoms with van der Waals surface area (Å²) in [6.07, 6.45) is 4.58. The minimum atomic E-state index is -4.06. The molecule has 0 fully saturated rings. The Morgan fingerprint density at radius 3 is 2.36 bits per heavy atom. The van der Waals surface area contributed by atoms with Crippen LogP contribution in [0.3, 0.4) is 0 Å². The van der Waals surface area contributed by atoms with Gasteiger partial charge in [-0.3, -0.25) is 9.78 Å². The third-order valence-electron chi connectivity index (χ3n) is 5.77. The van der Waals surface area contributed by atoms with Crippen LogP contribution in [-0.4, -0.2) is 43.4 Å².